The van der Waals surface area contributed by atoms with Gasteiger partial charge in [0.05, 0.1) is 19.6 Å². The van der Waals surface area contributed by atoms with Gasteiger partial charge in [-0.3, -0.25) is 4.79 Å². The smallest absolute Gasteiger partial charge is 0.289 e. The molecule has 1 amide bonds. The van der Waals surface area contributed by atoms with E-state index in [2.05, 4.69) is 10.0 Å². The van der Waals surface area contributed by atoms with Crippen molar-refractivity contribution in [3.63, 3.8) is 0 Å². The van der Waals surface area contributed by atoms with Gasteiger partial charge >= 0.3 is 0 Å². The summed E-state index contributed by atoms with van der Waals surface area (Å²) in [6.07, 6.45) is 0. The van der Waals surface area contributed by atoms with Gasteiger partial charge < -0.3 is 9.32 Å². The summed E-state index contributed by atoms with van der Waals surface area (Å²) in [5, 5.41) is 3.26. The number of amides is 1. The number of halogens is 2. The van der Waals surface area contributed by atoms with Crippen LogP contribution in [0.2, 0.25) is 0 Å². The zero-order valence-corrected chi connectivity index (χ0v) is 8.64. The summed E-state index contributed by atoms with van der Waals surface area (Å²) in [7, 11) is 0. The van der Waals surface area contributed by atoms with Crippen LogP contribution < -0.4 is 0 Å². The number of azide groups is 1. The topological polar surface area (TPSA) is 82.2 Å². The third-order valence-corrected chi connectivity index (χ3v) is 2.29. The average Bonchev–Trinajstić information content (AvgIpc) is 2.70. The normalized spacial score (nSPS) is 17.2. The van der Waals surface area contributed by atoms with Crippen molar-refractivity contribution in [2.24, 2.45) is 5.11 Å². The second-order valence-electron chi connectivity index (χ2n) is 3.67. The summed E-state index contributed by atoms with van der Waals surface area (Å²) in [4.78, 5) is 15.1. The van der Waals surface area contributed by atoms with Gasteiger partial charge in [0.25, 0.3) is 11.8 Å². The van der Waals surface area contributed by atoms with Gasteiger partial charge in [-0.1, -0.05) is 5.11 Å². The Kier molecular flexibility index (Phi) is 2.72. The van der Waals surface area contributed by atoms with E-state index in [1.54, 1.807) is 0 Å². The third kappa shape index (κ3) is 2.36. The molecule has 0 unspecified atom stereocenters. The highest BCUT2D eigenvalue weighted by atomic mass is 19.3. The monoisotopic (exact) mass is 242 g/mol. The summed E-state index contributed by atoms with van der Waals surface area (Å²) in [6.45, 7) is -1.18. The van der Waals surface area contributed by atoms with Crippen LogP contribution in [0, 0.1) is 0 Å². The van der Waals surface area contributed by atoms with Crippen LogP contribution in [0.5, 0.6) is 0 Å². The SMILES string of the molecule is [N-]=[N+]=NCc1ccc(C(=O)N2CC(F)(F)C2)o1. The van der Waals surface area contributed by atoms with E-state index >= 15 is 0 Å². The molecular formula is C9H8F2N4O2. The van der Waals surface area contributed by atoms with E-state index in [9.17, 15) is 13.6 Å². The molecule has 1 fully saturated rings. The van der Waals surface area contributed by atoms with E-state index in [4.69, 9.17) is 9.95 Å². The Bertz CT molecular complexity index is 485. The first kappa shape index (κ1) is 11.4. The number of likely N-dealkylation sites (tertiary alicyclic amines) is 1. The summed E-state index contributed by atoms with van der Waals surface area (Å²) < 4.78 is 30.2. The van der Waals surface area contributed by atoms with Gasteiger partial charge in [0.15, 0.2) is 5.76 Å². The second kappa shape index (κ2) is 4.06. The molecule has 0 bridgehead atoms. The van der Waals surface area contributed by atoms with Gasteiger partial charge in [-0.15, -0.1) is 0 Å². The molecule has 1 aromatic heterocycles. The molecule has 90 valence electrons. The van der Waals surface area contributed by atoms with Crippen LogP contribution >= 0.6 is 0 Å². The van der Waals surface area contributed by atoms with Crippen LogP contribution in [-0.2, 0) is 6.54 Å². The number of alkyl halides is 2. The van der Waals surface area contributed by atoms with E-state index in [-0.39, 0.29) is 12.3 Å². The Hall–Kier alpha value is -2.08. The summed E-state index contributed by atoms with van der Waals surface area (Å²) in [6, 6.07) is 2.85. The van der Waals surface area contributed by atoms with Crippen molar-refractivity contribution in [1.82, 2.24) is 4.90 Å². The van der Waals surface area contributed by atoms with Crippen LogP contribution in [0.1, 0.15) is 16.3 Å². The van der Waals surface area contributed by atoms with E-state index in [0.717, 1.165) is 4.90 Å². The Morgan fingerprint density at radius 1 is 1.59 bits per heavy atom. The lowest BCUT2D eigenvalue weighted by molar-refractivity contribution is -0.113. The van der Waals surface area contributed by atoms with Crippen molar-refractivity contribution in [3.8, 4) is 0 Å². The fourth-order valence-corrected chi connectivity index (χ4v) is 1.49. The standard InChI is InChI=1S/C9H8F2N4O2/c10-9(11)4-15(5-9)8(16)7-2-1-6(17-7)3-13-14-12/h1-2H,3-5H2. The average molecular weight is 242 g/mol. The molecule has 2 heterocycles. The van der Waals surface area contributed by atoms with E-state index in [1.165, 1.54) is 12.1 Å². The Morgan fingerprint density at radius 2 is 2.29 bits per heavy atom. The van der Waals surface area contributed by atoms with Gasteiger partial charge in [-0.05, 0) is 17.7 Å². The van der Waals surface area contributed by atoms with Gasteiger partial charge in [-0.2, -0.15) is 0 Å². The Labute approximate surface area is 94.4 Å². The summed E-state index contributed by atoms with van der Waals surface area (Å²) >= 11 is 0. The van der Waals surface area contributed by atoms with Gasteiger partial charge in [0.2, 0.25) is 0 Å². The van der Waals surface area contributed by atoms with Crippen LogP contribution in [0.15, 0.2) is 21.7 Å². The Balaban J connectivity index is 2.00. The lowest BCUT2D eigenvalue weighted by Crippen LogP contribution is -2.58. The van der Waals surface area contributed by atoms with Crippen molar-refractivity contribution in [3.05, 3.63) is 34.1 Å². The molecule has 8 heteroatoms. The lowest BCUT2D eigenvalue weighted by atomic mass is 10.1. The van der Waals surface area contributed by atoms with Crippen LogP contribution in [-0.4, -0.2) is 29.8 Å². The highest BCUT2D eigenvalue weighted by Gasteiger charge is 2.47. The van der Waals surface area contributed by atoms with Crippen molar-refractivity contribution >= 4 is 5.91 Å². The molecule has 17 heavy (non-hydrogen) atoms. The van der Waals surface area contributed by atoms with Crippen molar-refractivity contribution in [2.75, 3.05) is 13.1 Å². The van der Waals surface area contributed by atoms with Gasteiger partial charge in [-0.25, -0.2) is 8.78 Å². The number of carbonyl (C=O) groups excluding carboxylic acids is 1. The molecular weight excluding hydrogens is 234 g/mol. The minimum atomic E-state index is -2.80. The van der Waals surface area contributed by atoms with Gasteiger partial charge in [0, 0.05) is 4.91 Å². The maximum atomic E-state index is 12.6. The highest BCUT2D eigenvalue weighted by molar-refractivity contribution is 5.92. The maximum absolute atomic E-state index is 12.6. The molecule has 2 rings (SSSR count). The molecule has 0 N–H and O–H groups in total. The number of hydrogen-bond acceptors (Lipinski definition) is 3. The molecule has 1 saturated heterocycles. The minimum absolute atomic E-state index is 0.0139. The van der Waals surface area contributed by atoms with Crippen molar-refractivity contribution in [2.45, 2.75) is 12.5 Å². The molecule has 0 aliphatic carbocycles. The molecule has 0 atom stereocenters. The largest absolute Gasteiger partial charge is 0.456 e. The molecule has 1 aromatic rings. The van der Waals surface area contributed by atoms with E-state index in [0.29, 0.717) is 5.76 Å². The zero-order valence-electron chi connectivity index (χ0n) is 8.64. The van der Waals surface area contributed by atoms with E-state index in [1.807, 2.05) is 0 Å². The first-order valence-corrected chi connectivity index (χ1v) is 4.78. The molecule has 0 spiro atoms. The Morgan fingerprint density at radius 3 is 2.88 bits per heavy atom. The molecule has 0 radical (unpaired) electrons. The molecule has 0 aromatic carbocycles. The highest BCUT2D eigenvalue weighted by Crippen LogP contribution is 2.28. The van der Waals surface area contributed by atoms with Crippen LogP contribution in [0.25, 0.3) is 10.4 Å². The predicted molar refractivity (Wildman–Crippen MR) is 52.4 cm³/mol. The minimum Gasteiger partial charge on any atom is -0.456 e. The molecule has 1 aliphatic rings. The number of hydrogen-bond donors (Lipinski definition) is 0. The second-order valence-corrected chi connectivity index (χ2v) is 3.67. The zero-order chi connectivity index (χ0) is 12.5. The quantitative estimate of drug-likeness (QED) is 0.462. The first-order valence-electron chi connectivity index (χ1n) is 4.78. The van der Waals surface area contributed by atoms with E-state index < -0.39 is 24.9 Å². The molecule has 0 saturated carbocycles. The lowest BCUT2D eigenvalue weighted by Gasteiger charge is -2.37. The number of carbonyl (C=O) groups is 1. The molecule has 1 aliphatic heterocycles. The number of nitrogens with zero attached hydrogens (tertiary/aromatic N) is 4. The molecule has 6 nitrogen and oxygen atoms in total. The number of furan rings is 1. The predicted octanol–water partition coefficient (Wildman–Crippen LogP) is 2.18. The van der Waals surface area contributed by atoms with Gasteiger partial charge in [0.1, 0.15) is 5.76 Å². The summed E-state index contributed by atoms with van der Waals surface area (Å²) in [5.74, 6) is -3.08. The summed E-state index contributed by atoms with van der Waals surface area (Å²) in [5.41, 5.74) is 8.09. The van der Waals surface area contributed by atoms with Crippen LogP contribution in [0.3, 0.4) is 0 Å². The van der Waals surface area contributed by atoms with Crippen molar-refractivity contribution in [1.29, 1.82) is 0 Å². The first-order chi connectivity index (χ1) is 8.02. The number of rotatable bonds is 3. The fraction of sp³-hybridized carbons (Fsp3) is 0.444. The van der Waals surface area contributed by atoms with Crippen LogP contribution in [0.4, 0.5) is 8.78 Å². The fourth-order valence-electron chi connectivity index (χ4n) is 1.49. The van der Waals surface area contributed by atoms with Crippen molar-refractivity contribution < 1.29 is 18.0 Å². The third-order valence-electron chi connectivity index (χ3n) is 2.29. The maximum Gasteiger partial charge on any atom is 0.289 e.